The Labute approximate surface area is 206 Å². The molecule has 0 aromatic heterocycles. The predicted octanol–water partition coefficient (Wildman–Crippen LogP) is 4.07. The highest BCUT2D eigenvalue weighted by Crippen LogP contribution is 2.44. The molecule has 0 saturated carbocycles. The van der Waals surface area contributed by atoms with Gasteiger partial charge in [0.1, 0.15) is 5.75 Å². The number of methoxy groups -OCH3 is 5. The molecule has 4 rings (SSSR count). The second-order valence-corrected chi connectivity index (χ2v) is 9.85. The number of fused-ring (bicyclic) bond motifs is 1. The fourth-order valence-electron chi connectivity index (χ4n) is 4.43. The van der Waals surface area contributed by atoms with Gasteiger partial charge >= 0.3 is 0 Å². The smallest absolute Gasteiger partial charge is 0.243 e. The summed E-state index contributed by atoms with van der Waals surface area (Å²) < 4.78 is 56.5. The summed E-state index contributed by atoms with van der Waals surface area (Å²) in [5.74, 6) is 2.79. The van der Waals surface area contributed by atoms with E-state index in [9.17, 15) is 8.42 Å². The fourth-order valence-corrected chi connectivity index (χ4v) is 6.03. The SMILES string of the molecule is COc1ccc(S(=O)(=O)N2CCc3cc(OC)c(OC)cc3C2c2ccc(OC)c(OC)c2)cc1. The van der Waals surface area contributed by atoms with Crippen molar-refractivity contribution in [2.45, 2.75) is 17.4 Å². The van der Waals surface area contributed by atoms with Gasteiger partial charge in [0.15, 0.2) is 23.0 Å². The standard InChI is InChI=1S/C26H29NO7S/c1-30-19-7-9-20(10-8-19)35(28,29)27-13-12-17-14-24(33-4)25(34-5)16-21(17)26(27)18-6-11-22(31-2)23(15-18)32-3/h6-11,14-16,26H,12-13H2,1-5H3. The molecule has 0 saturated heterocycles. The molecule has 35 heavy (non-hydrogen) atoms. The van der Waals surface area contributed by atoms with Crippen LogP contribution < -0.4 is 23.7 Å². The molecule has 0 bridgehead atoms. The van der Waals surface area contributed by atoms with E-state index in [4.69, 9.17) is 23.7 Å². The molecule has 0 aliphatic carbocycles. The molecular weight excluding hydrogens is 470 g/mol. The van der Waals surface area contributed by atoms with Gasteiger partial charge in [0.2, 0.25) is 10.0 Å². The first-order valence-corrected chi connectivity index (χ1v) is 12.4. The van der Waals surface area contributed by atoms with E-state index in [1.54, 1.807) is 65.9 Å². The summed E-state index contributed by atoms with van der Waals surface area (Å²) >= 11 is 0. The molecule has 8 nitrogen and oxygen atoms in total. The quantitative estimate of drug-likeness (QED) is 0.462. The number of rotatable bonds is 8. The Balaban J connectivity index is 1.91. The van der Waals surface area contributed by atoms with Crippen LogP contribution in [0.4, 0.5) is 0 Å². The molecule has 1 heterocycles. The van der Waals surface area contributed by atoms with Crippen LogP contribution in [0.5, 0.6) is 28.7 Å². The van der Waals surface area contributed by atoms with Gasteiger partial charge in [0.05, 0.1) is 46.5 Å². The molecular formula is C26H29NO7S. The van der Waals surface area contributed by atoms with Crippen LogP contribution in [0.15, 0.2) is 59.5 Å². The van der Waals surface area contributed by atoms with Crippen molar-refractivity contribution in [2.24, 2.45) is 0 Å². The topological polar surface area (TPSA) is 83.5 Å². The summed E-state index contributed by atoms with van der Waals surface area (Å²) in [5.41, 5.74) is 2.55. The van der Waals surface area contributed by atoms with E-state index >= 15 is 0 Å². The average Bonchev–Trinajstić information content (AvgIpc) is 2.90. The molecule has 3 aromatic rings. The molecule has 0 radical (unpaired) electrons. The summed E-state index contributed by atoms with van der Waals surface area (Å²) in [6.07, 6.45) is 0.523. The number of sulfonamides is 1. The lowest BCUT2D eigenvalue weighted by molar-refractivity contribution is 0.328. The van der Waals surface area contributed by atoms with Crippen molar-refractivity contribution >= 4 is 10.0 Å². The zero-order valence-electron chi connectivity index (χ0n) is 20.4. The molecule has 1 atom stereocenters. The molecule has 0 amide bonds. The van der Waals surface area contributed by atoms with Crippen LogP contribution in [0, 0.1) is 0 Å². The van der Waals surface area contributed by atoms with E-state index in [1.807, 2.05) is 24.3 Å². The van der Waals surface area contributed by atoms with Gasteiger partial charge in [-0.2, -0.15) is 4.31 Å². The highest BCUT2D eigenvalue weighted by Gasteiger charge is 2.38. The second kappa shape index (κ2) is 10.1. The fraction of sp³-hybridized carbons (Fsp3) is 0.308. The van der Waals surface area contributed by atoms with Crippen LogP contribution >= 0.6 is 0 Å². The van der Waals surface area contributed by atoms with Gasteiger partial charge in [0, 0.05) is 6.54 Å². The van der Waals surface area contributed by atoms with Gasteiger partial charge in [-0.1, -0.05) is 6.07 Å². The maximum absolute atomic E-state index is 13.9. The first-order chi connectivity index (χ1) is 16.9. The highest BCUT2D eigenvalue weighted by molar-refractivity contribution is 7.89. The van der Waals surface area contributed by atoms with Crippen LogP contribution in [-0.2, 0) is 16.4 Å². The first-order valence-electron chi connectivity index (χ1n) is 11.0. The third-order valence-electron chi connectivity index (χ3n) is 6.22. The average molecular weight is 500 g/mol. The van der Waals surface area contributed by atoms with Gasteiger partial charge in [-0.3, -0.25) is 0 Å². The minimum Gasteiger partial charge on any atom is -0.497 e. The molecule has 0 spiro atoms. The van der Waals surface area contributed by atoms with Gasteiger partial charge in [-0.05, 0) is 71.6 Å². The second-order valence-electron chi connectivity index (χ2n) is 7.96. The van der Waals surface area contributed by atoms with E-state index in [0.29, 0.717) is 35.2 Å². The van der Waals surface area contributed by atoms with Crippen molar-refractivity contribution < 1.29 is 32.1 Å². The number of ether oxygens (including phenoxy) is 5. The monoisotopic (exact) mass is 499 g/mol. The summed E-state index contributed by atoms with van der Waals surface area (Å²) in [6.45, 7) is 0.288. The van der Waals surface area contributed by atoms with Gasteiger partial charge in [-0.15, -0.1) is 0 Å². The lowest BCUT2D eigenvalue weighted by atomic mass is 9.89. The minimum atomic E-state index is -3.86. The van der Waals surface area contributed by atoms with Crippen LogP contribution in [0.1, 0.15) is 22.7 Å². The third-order valence-corrected chi connectivity index (χ3v) is 8.10. The lowest BCUT2D eigenvalue weighted by Crippen LogP contribution is -2.40. The Kier molecular flexibility index (Phi) is 7.09. The van der Waals surface area contributed by atoms with Crippen molar-refractivity contribution in [2.75, 3.05) is 42.1 Å². The van der Waals surface area contributed by atoms with Crippen molar-refractivity contribution in [3.05, 3.63) is 71.3 Å². The van der Waals surface area contributed by atoms with Gasteiger partial charge < -0.3 is 23.7 Å². The van der Waals surface area contributed by atoms with Crippen LogP contribution in [0.2, 0.25) is 0 Å². The van der Waals surface area contributed by atoms with E-state index < -0.39 is 16.1 Å². The first kappa shape index (κ1) is 24.7. The van der Waals surface area contributed by atoms with Crippen molar-refractivity contribution in [3.8, 4) is 28.7 Å². The van der Waals surface area contributed by atoms with Crippen LogP contribution in [-0.4, -0.2) is 54.8 Å². The lowest BCUT2D eigenvalue weighted by Gasteiger charge is -2.37. The maximum atomic E-state index is 13.9. The van der Waals surface area contributed by atoms with E-state index in [1.165, 1.54) is 4.31 Å². The molecule has 1 unspecified atom stereocenters. The Morgan fingerprint density at radius 1 is 0.714 bits per heavy atom. The molecule has 9 heteroatoms. The molecule has 186 valence electrons. The van der Waals surface area contributed by atoms with Crippen LogP contribution in [0.3, 0.4) is 0 Å². The largest absolute Gasteiger partial charge is 0.497 e. The summed E-state index contributed by atoms with van der Waals surface area (Å²) in [6, 6.07) is 15.0. The Morgan fingerprint density at radius 2 is 1.31 bits per heavy atom. The number of hydrogen-bond acceptors (Lipinski definition) is 7. The van der Waals surface area contributed by atoms with Crippen molar-refractivity contribution in [3.63, 3.8) is 0 Å². The Morgan fingerprint density at radius 3 is 1.91 bits per heavy atom. The van der Waals surface area contributed by atoms with Gasteiger partial charge in [0.25, 0.3) is 0 Å². The molecule has 1 aliphatic heterocycles. The number of hydrogen-bond donors (Lipinski definition) is 0. The predicted molar refractivity (Wildman–Crippen MR) is 132 cm³/mol. The Hall–Kier alpha value is -3.43. The summed E-state index contributed by atoms with van der Waals surface area (Å²) in [5, 5.41) is 0. The number of benzene rings is 3. The minimum absolute atomic E-state index is 0.188. The molecule has 3 aromatic carbocycles. The summed E-state index contributed by atoms with van der Waals surface area (Å²) in [7, 11) is 3.93. The maximum Gasteiger partial charge on any atom is 0.243 e. The van der Waals surface area contributed by atoms with E-state index in [2.05, 4.69) is 0 Å². The molecule has 1 aliphatic rings. The molecule has 0 fully saturated rings. The van der Waals surface area contributed by atoms with E-state index in [0.717, 1.165) is 16.7 Å². The molecule has 0 N–H and O–H groups in total. The number of nitrogens with zero attached hydrogens (tertiary/aromatic N) is 1. The van der Waals surface area contributed by atoms with Gasteiger partial charge in [-0.25, -0.2) is 8.42 Å². The zero-order valence-corrected chi connectivity index (χ0v) is 21.2. The van der Waals surface area contributed by atoms with Crippen molar-refractivity contribution in [1.29, 1.82) is 0 Å². The summed E-state index contributed by atoms with van der Waals surface area (Å²) in [4.78, 5) is 0.188. The highest BCUT2D eigenvalue weighted by atomic mass is 32.2. The normalized spacial score (nSPS) is 15.7. The van der Waals surface area contributed by atoms with Crippen molar-refractivity contribution in [1.82, 2.24) is 4.31 Å². The van der Waals surface area contributed by atoms with Crippen LogP contribution in [0.25, 0.3) is 0 Å². The third kappa shape index (κ3) is 4.49. The zero-order chi connectivity index (χ0) is 25.2. The Bertz CT molecular complexity index is 1310. The van der Waals surface area contributed by atoms with E-state index in [-0.39, 0.29) is 11.4 Å².